The highest BCUT2D eigenvalue weighted by molar-refractivity contribution is 5.31. The van der Waals surface area contributed by atoms with Crippen LogP contribution < -0.4 is 5.32 Å². The molecular formula is C11H16N4O2. The standard InChI is InChI=1S/C11H16N4O2/c16-15(17)10-7-12-11(13-8-10)14-9-5-3-1-2-4-6-9/h7-9H,1-6H2,(H,12,13,14). The van der Waals surface area contributed by atoms with Crippen molar-refractivity contribution in [1.29, 1.82) is 0 Å². The van der Waals surface area contributed by atoms with Crippen LogP contribution in [0.1, 0.15) is 38.5 Å². The van der Waals surface area contributed by atoms with Crippen LogP contribution in [0.25, 0.3) is 0 Å². The summed E-state index contributed by atoms with van der Waals surface area (Å²) in [6.07, 6.45) is 9.77. The largest absolute Gasteiger partial charge is 0.351 e. The third kappa shape index (κ3) is 3.37. The Morgan fingerprint density at radius 1 is 1.18 bits per heavy atom. The quantitative estimate of drug-likeness (QED) is 0.495. The second-order valence-electron chi connectivity index (χ2n) is 4.35. The predicted molar refractivity (Wildman–Crippen MR) is 63.8 cm³/mol. The molecule has 6 nitrogen and oxygen atoms in total. The Labute approximate surface area is 99.6 Å². The van der Waals surface area contributed by atoms with Gasteiger partial charge in [-0.25, -0.2) is 9.97 Å². The number of anilines is 1. The first kappa shape index (κ1) is 11.8. The molecule has 17 heavy (non-hydrogen) atoms. The topological polar surface area (TPSA) is 81.0 Å². The van der Waals surface area contributed by atoms with Gasteiger partial charge in [0.2, 0.25) is 5.95 Å². The fourth-order valence-electron chi connectivity index (χ4n) is 2.10. The maximum absolute atomic E-state index is 10.5. The highest BCUT2D eigenvalue weighted by Gasteiger charge is 2.13. The van der Waals surface area contributed by atoms with Crippen LogP contribution in [0, 0.1) is 10.1 Å². The van der Waals surface area contributed by atoms with E-state index in [4.69, 9.17) is 0 Å². The van der Waals surface area contributed by atoms with Crippen LogP contribution >= 0.6 is 0 Å². The molecule has 0 bridgehead atoms. The van der Waals surface area contributed by atoms with E-state index in [-0.39, 0.29) is 5.69 Å². The summed E-state index contributed by atoms with van der Waals surface area (Å²) < 4.78 is 0. The number of nitro groups is 1. The van der Waals surface area contributed by atoms with E-state index in [0.717, 1.165) is 12.8 Å². The number of nitrogens with one attached hydrogen (secondary N) is 1. The summed E-state index contributed by atoms with van der Waals surface area (Å²) in [7, 11) is 0. The highest BCUT2D eigenvalue weighted by atomic mass is 16.6. The van der Waals surface area contributed by atoms with Crippen molar-refractivity contribution < 1.29 is 4.92 Å². The van der Waals surface area contributed by atoms with Gasteiger partial charge in [0.05, 0.1) is 4.92 Å². The second kappa shape index (κ2) is 5.56. The Kier molecular flexibility index (Phi) is 3.85. The Balaban J connectivity index is 1.95. The summed E-state index contributed by atoms with van der Waals surface area (Å²) in [5, 5.41) is 13.7. The summed E-state index contributed by atoms with van der Waals surface area (Å²) in [6, 6.07) is 0.402. The number of nitrogens with zero attached hydrogens (tertiary/aromatic N) is 3. The zero-order valence-corrected chi connectivity index (χ0v) is 9.63. The maximum Gasteiger partial charge on any atom is 0.305 e. The van der Waals surface area contributed by atoms with Gasteiger partial charge < -0.3 is 5.32 Å². The molecule has 0 atom stereocenters. The first-order chi connectivity index (χ1) is 8.25. The zero-order chi connectivity index (χ0) is 12.1. The zero-order valence-electron chi connectivity index (χ0n) is 9.63. The Hall–Kier alpha value is -1.72. The van der Waals surface area contributed by atoms with Crippen LogP contribution in [-0.4, -0.2) is 20.9 Å². The molecule has 1 heterocycles. The molecule has 1 aromatic heterocycles. The van der Waals surface area contributed by atoms with E-state index in [9.17, 15) is 10.1 Å². The minimum atomic E-state index is -0.491. The molecule has 92 valence electrons. The van der Waals surface area contributed by atoms with Crippen LogP contribution in [0.3, 0.4) is 0 Å². The summed E-state index contributed by atoms with van der Waals surface area (Å²) in [5.74, 6) is 0.488. The van der Waals surface area contributed by atoms with Crippen molar-refractivity contribution in [1.82, 2.24) is 9.97 Å². The molecule has 1 N–H and O–H groups in total. The van der Waals surface area contributed by atoms with E-state index in [1.165, 1.54) is 38.1 Å². The van der Waals surface area contributed by atoms with Gasteiger partial charge in [-0.05, 0) is 12.8 Å². The van der Waals surface area contributed by atoms with E-state index in [2.05, 4.69) is 15.3 Å². The summed E-state index contributed by atoms with van der Waals surface area (Å²) in [5.41, 5.74) is -0.0728. The SMILES string of the molecule is O=[N+]([O-])c1cnc(NC2CCCCCC2)nc1. The van der Waals surface area contributed by atoms with E-state index >= 15 is 0 Å². The molecule has 1 aliphatic carbocycles. The van der Waals surface area contributed by atoms with E-state index in [0.29, 0.717) is 12.0 Å². The fourth-order valence-corrected chi connectivity index (χ4v) is 2.10. The molecule has 0 aromatic carbocycles. The lowest BCUT2D eigenvalue weighted by molar-refractivity contribution is -0.385. The van der Waals surface area contributed by atoms with Crippen molar-refractivity contribution in [2.24, 2.45) is 0 Å². The van der Waals surface area contributed by atoms with Gasteiger partial charge in [-0.3, -0.25) is 10.1 Å². The first-order valence-corrected chi connectivity index (χ1v) is 5.98. The van der Waals surface area contributed by atoms with Gasteiger partial charge in [0.25, 0.3) is 0 Å². The van der Waals surface area contributed by atoms with Crippen LogP contribution in [0.2, 0.25) is 0 Å². The fraction of sp³-hybridized carbons (Fsp3) is 0.636. The average molecular weight is 236 g/mol. The molecule has 0 unspecified atom stereocenters. The molecule has 0 saturated heterocycles. The number of rotatable bonds is 3. The van der Waals surface area contributed by atoms with Crippen molar-refractivity contribution in [3.63, 3.8) is 0 Å². The lowest BCUT2D eigenvalue weighted by atomic mass is 10.1. The van der Waals surface area contributed by atoms with Crippen LogP contribution in [0.4, 0.5) is 11.6 Å². The van der Waals surface area contributed by atoms with Crippen molar-refractivity contribution in [3.8, 4) is 0 Å². The summed E-state index contributed by atoms with van der Waals surface area (Å²) in [4.78, 5) is 17.9. The maximum atomic E-state index is 10.5. The number of hydrogen-bond acceptors (Lipinski definition) is 5. The number of hydrogen-bond donors (Lipinski definition) is 1. The normalized spacial score (nSPS) is 17.4. The molecule has 1 saturated carbocycles. The first-order valence-electron chi connectivity index (χ1n) is 5.98. The lowest BCUT2D eigenvalue weighted by Gasteiger charge is -2.15. The lowest BCUT2D eigenvalue weighted by Crippen LogP contribution is -2.19. The molecule has 0 spiro atoms. The highest BCUT2D eigenvalue weighted by Crippen LogP contribution is 2.20. The molecule has 1 aromatic rings. The van der Waals surface area contributed by atoms with Gasteiger partial charge in [0.1, 0.15) is 12.4 Å². The van der Waals surface area contributed by atoms with Gasteiger partial charge in [0.15, 0.2) is 0 Å². The van der Waals surface area contributed by atoms with Gasteiger partial charge >= 0.3 is 5.69 Å². The predicted octanol–water partition coefficient (Wildman–Crippen LogP) is 2.52. The molecular weight excluding hydrogens is 220 g/mol. The third-order valence-corrected chi connectivity index (χ3v) is 3.04. The van der Waals surface area contributed by atoms with E-state index in [1.807, 2.05) is 0 Å². The molecule has 0 radical (unpaired) electrons. The van der Waals surface area contributed by atoms with Crippen LogP contribution in [-0.2, 0) is 0 Å². The van der Waals surface area contributed by atoms with Gasteiger partial charge in [-0.2, -0.15) is 0 Å². The second-order valence-corrected chi connectivity index (χ2v) is 4.35. The minimum Gasteiger partial charge on any atom is -0.351 e. The molecule has 1 aliphatic rings. The van der Waals surface area contributed by atoms with Gasteiger partial charge in [-0.15, -0.1) is 0 Å². The minimum absolute atomic E-state index is 0.0728. The Morgan fingerprint density at radius 2 is 1.76 bits per heavy atom. The molecule has 2 rings (SSSR count). The van der Waals surface area contributed by atoms with Crippen LogP contribution in [0.5, 0.6) is 0 Å². The molecule has 6 heteroatoms. The monoisotopic (exact) mass is 236 g/mol. The van der Waals surface area contributed by atoms with E-state index in [1.54, 1.807) is 0 Å². The summed E-state index contributed by atoms with van der Waals surface area (Å²) >= 11 is 0. The van der Waals surface area contributed by atoms with Crippen molar-refractivity contribution in [3.05, 3.63) is 22.5 Å². The number of aromatic nitrogens is 2. The van der Waals surface area contributed by atoms with E-state index < -0.39 is 4.92 Å². The van der Waals surface area contributed by atoms with Crippen molar-refractivity contribution in [2.75, 3.05) is 5.32 Å². The molecule has 0 aliphatic heterocycles. The van der Waals surface area contributed by atoms with Crippen LogP contribution in [0.15, 0.2) is 12.4 Å². The smallest absolute Gasteiger partial charge is 0.305 e. The van der Waals surface area contributed by atoms with Crippen molar-refractivity contribution >= 4 is 11.6 Å². The average Bonchev–Trinajstić information content (AvgIpc) is 2.58. The molecule has 1 fully saturated rings. The van der Waals surface area contributed by atoms with Gasteiger partial charge in [-0.1, -0.05) is 25.7 Å². The Morgan fingerprint density at radius 3 is 2.29 bits per heavy atom. The molecule has 0 amide bonds. The van der Waals surface area contributed by atoms with Gasteiger partial charge in [0, 0.05) is 6.04 Å². The van der Waals surface area contributed by atoms with Crippen molar-refractivity contribution in [2.45, 2.75) is 44.6 Å². The Bertz CT molecular complexity index is 372. The third-order valence-electron chi connectivity index (χ3n) is 3.04. The summed E-state index contributed by atoms with van der Waals surface area (Å²) in [6.45, 7) is 0.